The first-order valence-electron chi connectivity index (χ1n) is 31.6. The molecule has 11 atom stereocenters. The largest absolute Gasteiger partial charge is 0.450 e. The van der Waals surface area contributed by atoms with Gasteiger partial charge in [0.1, 0.15) is 42.3 Å². The summed E-state index contributed by atoms with van der Waals surface area (Å²) < 4.78 is 6.14. The zero-order valence-corrected chi connectivity index (χ0v) is 55.1. The van der Waals surface area contributed by atoms with E-state index in [1.165, 1.54) is 61.6 Å². The number of aliphatic hydroxyl groups is 1. The van der Waals surface area contributed by atoms with Crippen LogP contribution in [-0.2, 0) is 60.7 Å². The molecule has 4 aromatic rings. The van der Waals surface area contributed by atoms with Crippen molar-refractivity contribution in [2.24, 2.45) is 29.6 Å². The van der Waals surface area contributed by atoms with E-state index in [2.05, 4.69) is 20.9 Å². The number of carbonyl (C=O) groups excluding carboxylic acids is 9. The highest BCUT2D eigenvalue weighted by Crippen LogP contribution is 2.31. The van der Waals surface area contributed by atoms with E-state index in [1.54, 1.807) is 59.9 Å². The third-order valence-electron chi connectivity index (χ3n) is 17.9. The Bertz CT molecular complexity index is 3160. The lowest BCUT2D eigenvalue weighted by atomic mass is 9.93. The fourth-order valence-corrected chi connectivity index (χ4v) is 12.6. The fraction of sp³-hybridized carbons (Fsp3) is 0.565. The van der Waals surface area contributed by atoms with Crippen molar-refractivity contribution in [1.29, 1.82) is 0 Å². The molecule has 3 aromatic carbocycles. The van der Waals surface area contributed by atoms with Crippen molar-refractivity contribution in [2.45, 2.75) is 188 Å². The Balaban J connectivity index is 1.53. The quantitative estimate of drug-likeness (QED) is 0.0978. The molecule has 20 nitrogen and oxygen atoms in total. The monoisotopic (exact) mass is 1230 g/mol. The number of hydrogen-bond acceptors (Lipinski definition) is 12. The van der Waals surface area contributed by atoms with Gasteiger partial charge in [0, 0.05) is 65.1 Å². The summed E-state index contributed by atoms with van der Waals surface area (Å²) >= 11 is 0. The predicted octanol–water partition coefficient (Wildman–Crippen LogP) is 6.59. The van der Waals surface area contributed by atoms with E-state index < -0.39 is 137 Å². The summed E-state index contributed by atoms with van der Waals surface area (Å²) in [5.41, 5.74) is 1.90. The van der Waals surface area contributed by atoms with Crippen LogP contribution in [0.3, 0.4) is 0 Å². The topological polar surface area (TPSA) is 248 Å². The molecule has 1 aromatic heterocycles. The fourth-order valence-electron chi connectivity index (χ4n) is 12.6. The first-order chi connectivity index (χ1) is 41.9. The van der Waals surface area contributed by atoms with Crippen molar-refractivity contribution in [3.05, 3.63) is 102 Å². The van der Waals surface area contributed by atoms with Crippen LogP contribution in [0, 0.1) is 29.6 Å². The van der Waals surface area contributed by atoms with Crippen LogP contribution in [0.25, 0.3) is 22.0 Å². The minimum absolute atomic E-state index is 0.0263. The number of carbonyl (C=O) groups is 9. The Morgan fingerprint density at radius 2 is 1.19 bits per heavy atom. The third kappa shape index (κ3) is 16.8. The first-order valence-corrected chi connectivity index (χ1v) is 31.6. The SMILES string of the molecule is CC[C@H](C)[C@@H]1NC(=O)[C@@H]2CCCN2C(=O)[C@H](Cc2cccc(-c3cccc4ncccc34)c2)N(C)C(=O)[C@H](Cc2ccccc2)NC(=O)[C@H](C(C)C)N(C)C(=O)[C@@H]([C@@H](C)CC)OC(=O)[C@H](C(C)(C)O)N(C)C(=O)[C@H](CC(C)C)NC(=O)[C@H](C(C)C)N(C)C1=O. The minimum Gasteiger partial charge on any atom is -0.450 e. The molecule has 0 unspecified atom stereocenters. The van der Waals surface area contributed by atoms with Crippen molar-refractivity contribution >= 4 is 64.1 Å². The number of likely N-dealkylation sites (N-methyl/N-ethyl adjacent to an activating group) is 4. The van der Waals surface area contributed by atoms with Crippen LogP contribution in [0.5, 0.6) is 0 Å². The molecule has 89 heavy (non-hydrogen) atoms. The summed E-state index contributed by atoms with van der Waals surface area (Å²) in [6.45, 7) is 20.6. The Morgan fingerprint density at radius 1 is 0.607 bits per heavy atom. The molecule has 2 fully saturated rings. The number of pyridine rings is 1. The number of benzene rings is 3. The molecule has 0 bridgehead atoms. The van der Waals surface area contributed by atoms with Crippen LogP contribution in [-0.4, -0.2) is 183 Å². The van der Waals surface area contributed by atoms with E-state index in [-0.39, 0.29) is 38.1 Å². The van der Waals surface area contributed by atoms with Gasteiger partial charge in [-0.1, -0.05) is 148 Å². The summed E-state index contributed by atoms with van der Waals surface area (Å²) in [5, 5.41) is 21.6. The molecule has 0 aliphatic carbocycles. The van der Waals surface area contributed by atoms with Crippen LogP contribution in [0.1, 0.15) is 126 Å². The van der Waals surface area contributed by atoms with Crippen LogP contribution in [0.15, 0.2) is 91.1 Å². The Hall–Kier alpha value is -7.74. The van der Waals surface area contributed by atoms with Crippen LogP contribution < -0.4 is 16.0 Å². The number of amides is 8. The van der Waals surface area contributed by atoms with E-state index in [0.717, 1.165) is 26.9 Å². The maximum absolute atomic E-state index is 15.8. The van der Waals surface area contributed by atoms with Gasteiger partial charge in [-0.05, 0) is 97.6 Å². The van der Waals surface area contributed by atoms with Crippen molar-refractivity contribution in [2.75, 3.05) is 34.7 Å². The normalized spacial score (nSPS) is 24.9. The van der Waals surface area contributed by atoms with Gasteiger partial charge in [-0.15, -0.1) is 0 Å². The zero-order chi connectivity index (χ0) is 65.9. The number of ether oxygens (including phenoxy) is 1. The molecule has 2 saturated heterocycles. The molecule has 0 spiro atoms. The summed E-state index contributed by atoms with van der Waals surface area (Å²) in [4.78, 5) is 147. The molecule has 20 heteroatoms. The summed E-state index contributed by atoms with van der Waals surface area (Å²) in [6, 6.07) is 16.0. The standard InChI is InChI=1S/C69H97N9O11/c1-17-43(9)55-66(85)75(14)56(41(5)6)61(80)71-51(36-40(3)4)64(83)77(16)59(69(11,12)88)68(87)89-58(44(10)18-2)67(86)76(15)57(42(7)8)62(81)72-52(38-45-26-20-19-21-27-45)63(82)74(13)54(65(84)78-35-25-33-53(78)60(79)73-55)39-46-28-22-29-47(37-46)48-30-23-32-50-49(48)31-24-34-70-50/h19-24,26-32,34,37,40-44,51-59,88H,17-18,25,33,35-36,38-39H2,1-16H3,(H,71,80)(H,72,81)(H,73,79)/t43-,44-,51-,52-,53-,54-,55-,56-,57-,58+,59+/m0/s1. The molecular formula is C69H97N9O11. The van der Waals surface area contributed by atoms with Gasteiger partial charge in [-0.2, -0.15) is 0 Å². The number of nitrogens with zero attached hydrogens (tertiary/aromatic N) is 6. The number of rotatable bonds is 14. The van der Waals surface area contributed by atoms with Gasteiger partial charge in [0.15, 0.2) is 12.1 Å². The van der Waals surface area contributed by atoms with Crippen molar-refractivity contribution < 1.29 is 53.0 Å². The van der Waals surface area contributed by atoms with Crippen LogP contribution >= 0.6 is 0 Å². The molecule has 2 aliphatic rings. The first kappa shape index (κ1) is 70.3. The van der Waals surface area contributed by atoms with Gasteiger partial charge in [0.05, 0.1) is 11.1 Å². The highest BCUT2D eigenvalue weighted by atomic mass is 16.6. The predicted molar refractivity (Wildman–Crippen MR) is 342 cm³/mol. The maximum atomic E-state index is 15.8. The number of nitrogens with one attached hydrogen (secondary N) is 3. The average Bonchev–Trinajstić information content (AvgIpc) is 4.18. The molecule has 0 radical (unpaired) electrons. The smallest absolute Gasteiger partial charge is 0.332 e. The van der Waals surface area contributed by atoms with Gasteiger partial charge >= 0.3 is 5.97 Å². The van der Waals surface area contributed by atoms with Crippen molar-refractivity contribution in [3.8, 4) is 11.1 Å². The van der Waals surface area contributed by atoms with E-state index in [9.17, 15) is 19.5 Å². The number of esters is 1. The zero-order valence-electron chi connectivity index (χ0n) is 55.1. The van der Waals surface area contributed by atoms with Gasteiger partial charge in [-0.3, -0.25) is 43.3 Å². The number of cyclic esters (lactones) is 1. The summed E-state index contributed by atoms with van der Waals surface area (Å²) in [5.74, 6) is -8.88. The number of hydrogen-bond donors (Lipinski definition) is 4. The van der Waals surface area contributed by atoms with Gasteiger partial charge in [0.2, 0.25) is 41.4 Å². The van der Waals surface area contributed by atoms with Crippen LogP contribution in [0.4, 0.5) is 0 Å². The highest BCUT2D eigenvalue weighted by molar-refractivity contribution is 6.00. The third-order valence-corrected chi connectivity index (χ3v) is 17.9. The molecule has 3 heterocycles. The van der Waals surface area contributed by atoms with E-state index >= 15 is 28.8 Å². The minimum atomic E-state index is -1.99. The Kier molecular flexibility index (Phi) is 24.2. The van der Waals surface area contributed by atoms with Crippen LogP contribution in [0.2, 0.25) is 0 Å². The Labute approximate surface area is 526 Å². The maximum Gasteiger partial charge on any atom is 0.332 e. The molecule has 484 valence electrons. The number of aromatic nitrogens is 1. The summed E-state index contributed by atoms with van der Waals surface area (Å²) in [6.07, 6.45) is 1.61. The van der Waals surface area contributed by atoms with E-state index in [4.69, 9.17) is 4.74 Å². The molecule has 0 saturated carbocycles. The second-order valence-electron chi connectivity index (χ2n) is 26.3. The lowest BCUT2D eigenvalue weighted by Crippen LogP contribution is -2.63. The molecule has 6 rings (SSSR count). The highest BCUT2D eigenvalue weighted by Gasteiger charge is 2.48. The van der Waals surface area contributed by atoms with Crippen molar-refractivity contribution in [3.63, 3.8) is 0 Å². The second kappa shape index (κ2) is 30.6. The molecule has 4 N–H and O–H groups in total. The number of fused-ring (bicyclic) bond motifs is 2. The lowest BCUT2D eigenvalue weighted by Gasteiger charge is -2.39. The summed E-state index contributed by atoms with van der Waals surface area (Å²) in [7, 11) is 5.69. The van der Waals surface area contributed by atoms with E-state index in [0.29, 0.717) is 30.4 Å². The molecule has 8 amide bonds. The van der Waals surface area contributed by atoms with Crippen molar-refractivity contribution in [1.82, 2.24) is 45.4 Å². The molecular weight excluding hydrogens is 1130 g/mol. The average molecular weight is 1230 g/mol. The molecule has 2 aliphatic heterocycles. The Morgan fingerprint density at radius 3 is 1.79 bits per heavy atom. The van der Waals surface area contributed by atoms with Gasteiger partial charge in [-0.25, -0.2) is 4.79 Å². The van der Waals surface area contributed by atoms with Gasteiger partial charge in [0.25, 0.3) is 5.91 Å². The van der Waals surface area contributed by atoms with E-state index in [1.807, 2.05) is 100 Å². The lowest BCUT2D eigenvalue weighted by molar-refractivity contribution is -0.177. The van der Waals surface area contributed by atoms with Gasteiger partial charge < -0.3 is 50.3 Å². The second-order valence-corrected chi connectivity index (χ2v) is 26.3.